The van der Waals surface area contributed by atoms with Crippen molar-refractivity contribution >= 4 is 0 Å². The van der Waals surface area contributed by atoms with Gasteiger partial charge in [0.05, 0.1) is 6.61 Å². The zero-order valence-corrected chi connectivity index (χ0v) is 11.3. The fourth-order valence-corrected chi connectivity index (χ4v) is 4.57. The fraction of sp³-hybridized carbons (Fsp3) is 0.625. The van der Waals surface area contributed by atoms with Crippen molar-refractivity contribution in [3.8, 4) is 5.75 Å². The monoisotopic (exact) mass is 258 g/mol. The van der Waals surface area contributed by atoms with Gasteiger partial charge in [-0.15, -0.1) is 0 Å². The third-order valence-electron chi connectivity index (χ3n) is 5.47. The molecule has 0 saturated heterocycles. The number of nitrogens with two attached hydrogens (primary N) is 1. The molecule has 3 N–H and O–H groups in total. The third kappa shape index (κ3) is 1.87. The highest BCUT2D eigenvalue weighted by molar-refractivity contribution is 5.41. The zero-order chi connectivity index (χ0) is 12.8. The van der Waals surface area contributed by atoms with Gasteiger partial charge in [-0.1, -0.05) is 18.6 Å². The third-order valence-corrected chi connectivity index (χ3v) is 5.47. The van der Waals surface area contributed by atoms with Gasteiger partial charge in [-0.3, -0.25) is 11.3 Å². The maximum Gasteiger partial charge on any atom is 0.122 e. The Labute approximate surface area is 114 Å². The van der Waals surface area contributed by atoms with Crippen LogP contribution in [0.25, 0.3) is 0 Å². The first-order valence-corrected chi connectivity index (χ1v) is 7.57. The lowest BCUT2D eigenvalue weighted by Crippen LogP contribution is -2.35. The number of nitrogens with one attached hydrogen (secondary N) is 1. The molecule has 2 aliphatic carbocycles. The summed E-state index contributed by atoms with van der Waals surface area (Å²) in [5, 5.41) is 0. The number of hydrogen-bond acceptors (Lipinski definition) is 3. The highest BCUT2D eigenvalue weighted by Gasteiger charge is 2.43. The lowest BCUT2D eigenvalue weighted by atomic mass is 9.80. The van der Waals surface area contributed by atoms with Crippen LogP contribution in [-0.2, 0) is 6.42 Å². The van der Waals surface area contributed by atoms with Crippen molar-refractivity contribution in [2.24, 2.45) is 23.6 Å². The molecule has 19 heavy (non-hydrogen) atoms. The SMILES string of the molecule is NNC(c1ccc2c(c1)CCO2)C1CC2CCC1C2. The molecule has 4 rings (SSSR count). The van der Waals surface area contributed by atoms with Crippen LogP contribution < -0.4 is 16.0 Å². The summed E-state index contributed by atoms with van der Waals surface area (Å²) in [5.74, 6) is 9.52. The van der Waals surface area contributed by atoms with E-state index in [1.165, 1.54) is 36.8 Å². The summed E-state index contributed by atoms with van der Waals surface area (Å²) in [6.07, 6.45) is 6.67. The van der Waals surface area contributed by atoms with Crippen LogP contribution in [0.15, 0.2) is 18.2 Å². The van der Waals surface area contributed by atoms with Crippen LogP contribution in [0.2, 0.25) is 0 Å². The molecule has 0 spiro atoms. The average molecular weight is 258 g/mol. The van der Waals surface area contributed by atoms with Crippen LogP contribution in [-0.4, -0.2) is 6.61 Å². The second-order valence-electron chi connectivity index (χ2n) is 6.45. The van der Waals surface area contributed by atoms with Gasteiger partial charge in [0, 0.05) is 12.5 Å². The summed E-state index contributed by atoms with van der Waals surface area (Å²) in [7, 11) is 0. The van der Waals surface area contributed by atoms with Crippen molar-refractivity contribution in [3.05, 3.63) is 29.3 Å². The quantitative estimate of drug-likeness (QED) is 0.647. The minimum atomic E-state index is 0.321. The Bertz CT molecular complexity index is 488. The Kier molecular flexibility index (Phi) is 2.78. The molecule has 3 heteroatoms. The van der Waals surface area contributed by atoms with E-state index >= 15 is 0 Å². The first-order valence-electron chi connectivity index (χ1n) is 7.57. The number of hydrogen-bond donors (Lipinski definition) is 2. The van der Waals surface area contributed by atoms with E-state index in [-0.39, 0.29) is 0 Å². The molecule has 2 bridgehead atoms. The van der Waals surface area contributed by atoms with E-state index in [4.69, 9.17) is 10.6 Å². The van der Waals surface area contributed by atoms with Gasteiger partial charge in [-0.25, -0.2) is 0 Å². The van der Waals surface area contributed by atoms with Gasteiger partial charge in [-0.2, -0.15) is 0 Å². The van der Waals surface area contributed by atoms with E-state index in [1.54, 1.807) is 0 Å². The lowest BCUT2D eigenvalue weighted by molar-refractivity contribution is 0.252. The average Bonchev–Trinajstić information content (AvgIpc) is 3.15. The maximum atomic E-state index is 5.88. The van der Waals surface area contributed by atoms with E-state index in [9.17, 15) is 0 Å². The Hall–Kier alpha value is -1.06. The van der Waals surface area contributed by atoms with E-state index in [1.807, 2.05) is 0 Å². The maximum absolute atomic E-state index is 5.88. The van der Waals surface area contributed by atoms with Crippen LogP contribution in [0.1, 0.15) is 42.9 Å². The molecule has 2 fully saturated rings. The van der Waals surface area contributed by atoms with Gasteiger partial charge in [0.2, 0.25) is 0 Å². The van der Waals surface area contributed by atoms with Gasteiger partial charge in [0.1, 0.15) is 5.75 Å². The molecule has 3 aliphatic rings. The Balaban J connectivity index is 1.62. The van der Waals surface area contributed by atoms with Crippen LogP contribution in [0.3, 0.4) is 0 Å². The summed E-state index contributed by atoms with van der Waals surface area (Å²) >= 11 is 0. The first kappa shape index (κ1) is 11.7. The Morgan fingerprint density at radius 3 is 2.95 bits per heavy atom. The van der Waals surface area contributed by atoms with Crippen molar-refractivity contribution in [3.63, 3.8) is 0 Å². The van der Waals surface area contributed by atoms with E-state index in [0.717, 1.165) is 36.5 Å². The molecule has 1 aliphatic heterocycles. The standard InChI is InChI=1S/C16H22N2O/c17-18-16(14-8-10-1-2-11(14)7-10)13-3-4-15-12(9-13)5-6-19-15/h3-4,9-11,14,16,18H,1-2,5-8,17H2. The number of rotatable bonds is 3. The topological polar surface area (TPSA) is 47.3 Å². The first-order chi connectivity index (χ1) is 9.35. The van der Waals surface area contributed by atoms with Crippen molar-refractivity contribution < 1.29 is 4.74 Å². The van der Waals surface area contributed by atoms with Crippen molar-refractivity contribution in [1.82, 2.24) is 5.43 Å². The highest BCUT2D eigenvalue weighted by Crippen LogP contribution is 2.52. The van der Waals surface area contributed by atoms with Gasteiger partial charge in [0.25, 0.3) is 0 Å². The molecular formula is C16H22N2O. The van der Waals surface area contributed by atoms with E-state index in [2.05, 4.69) is 23.6 Å². The molecule has 0 radical (unpaired) electrons. The molecule has 4 unspecified atom stereocenters. The van der Waals surface area contributed by atoms with Crippen LogP contribution >= 0.6 is 0 Å². The van der Waals surface area contributed by atoms with Gasteiger partial charge in [0.15, 0.2) is 0 Å². The summed E-state index contributed by atoms with van der Waals surface area (Å²) in [6.45, 7) is 0.827. The summed E-state index contributed by atoms with van der Waals surface area (Å²) in [6, 6.07) is 6.94. The van der Waals surface area contributed by atoms with Crippen molar-refractivity contribution in [2.75, 3.05) is 6.61 Å². The summed E-state index contributed by atoms with van der Waals surface area (Å²) in [5.41, 5.74) is 5.79. The number of benzene rings is 1. The second-order valence-corrected chi connectivity index (χ2v) is 6.45. The van der Waals surface area contributed by atoms with E-state index < -0.39 is 0 Å². The van der Waals surface area contributed by atoms with Gasteiger partial charge < -0.3 is 4.74 Å². The largest absolute Gasteiger partial charge is 0.493 e. The van der Waals surface area contributed by atoms with Crippen molar-refractivity contribution in [2.45, 2.75) is 38.1 Å². The van der Waals surface area contributed by atoms with Crippen LogP contribution in [0.5, 0.6) is 5.75 Å². The second kappa shape index (κ2) is 4.50. The summed E-state index contributed by atoms with van der Waals surface area (Å²) < 4.78 is 5.59. The smallest absolute Gasteiger partial charge is 0.122 e. The molecule has 3 nitrogen and oxygen atoms in total. The van der Waals surface area contributed by atoms with Gasteiger partial charge >= 0.3 is 0 Å². The molecule has 2 saturated carbocycles. The zero-order valence-electron chi connectivity index (χ0n) is 11.3. The van der Waals surface area contributed by atoms with Crippen LogP contribution in [0, 0.1) is 17.8 Å². The van der Waals surface area contributed by atoms with E-state index in [0.29, 0.717) is 6.04 Å². The van der Waals surface area contributed by atoms with Gasteiger partial charge in [-0.05, 0) is 54.2 Å². The number of ether oxygens (including phenoxy) is 1. The molecule has 102 valence electrons. The highest BCUT2D eigenvalue weighted by atomic mass is 16.5. The molecule has 1 heterocycles. The molecular weight excluding hydrogens is 236 g/mol. The number of hydrazine groups is 1. The molecule has 4 atom stereocenters. The Morgan fingerprint density at radius 1 is 1.26 bits per heavy atom. The molecule has 0 aromatic heterocycles. The summed E-state index contributed by atoms with van der Waals surface area (Å²) in [4.78, 5) is 0. The Morgan fingerprint density at radius 2 is 2.21 bits per heavy atom. The molecule has 1 aromatic rings. The minimum Gasteiger partial charge on any atom is -0.493 e. The minimum absolute atomic E-state index is 0.321. The van der Waals surface area contributed by atoms with Crippen LogP contribution in [0.4, 0.5) is 0 Å². The normalized spacial score (nSPS) is 33.2. The molecule has 1 aromatic carbocycles. The predicted molar refractivity (Wildman–Crippen MR) is 74.6 cm³/mol. The fourth-order valence-electron chi connectivity index (χ4n) is 4.57. The van der Waals surface area contributed by atoms with Crippen molar-refractivity contribution in [1.29, 1.82) is 0 Å². The molecule has 0 amide bonds. The lowest BCUT2D eigenvalue weighted by Gasteiger charge is -2.30. The predicted octanol–water partition coefficient (Wildman–Crippen LogP) is 2.56. The number of fused-ring (bicyclic) bond motifs is 3.